The molecule has 0 radical (unpaired) electrons. The summed E-state index contributed by atoms with van der Waals surface area (Å²) >= 11 is 9.58. The third-order valence-electron chi connectivity index (χ3n) is 3.35. The second kappa shape index (κ2) is 6.12. The van der Waals surface area contributed by atoms with Crippen molar-refractivity contribution >= 4 is 38.4 Å². The van der Waals surface area contributed by atoms with Crippen molar-refractivity contribution in [2.75, 3.05) is 0 Å². The fraction of sp³-hybridized carbons (Fsp3) is 0.0625. The predicted octanol–water partition coefficient (Wildman–Crippen LogP) is 4.20. The fourth-order valence-electron chi connectivity index (χ4n) is 2.40. The van der Waals surface area contributed by atoms with Crippen molar-refractivity contribution < 1.29 is 0 Å². The molecule has 0 saturated heterocycles. The molecule has 3 N–H and O–H groups in total. The molecule has 3 rings (SSSR count). The van der Waals surface area contributed by atoms with Crippen LogP contribution in [0.4, 0.5) is 0 Å². The number of rotatable bonds is 3. The van der Waals surface area contributed by atoms with Gasteiger partial charge in [0.1, 0.15) is 0 Å². The third kappa shape index (κ3) is 3.09. The van der Waals surface area contributed by atoms with Gasteiger partial charge in [0.05, 0.1) is 11.6 Å². The standard InChI is InChI=1S/C16H13BrClN3/c17-13-7-12(8-14(18)9-13)16(21-19)11-3-4-15-10(6-11)2-1-5-20-15/h1-9,16,21H,19H2. The average Bonchev–Trinajstić information content (AvgIpc) is 2.47. The van der Waals surface area contributed by atoms with Gasteiger partial charge >= 0.3 is 0 Å². The molecule has 1 unspecified atom stereocenters. The molecule has 0 saturated carbocycles. The van der Waals surface area contributed by atoms with Gasteiger partial charge in [0.25, 0.3) is 0 Å². The molecule has 5 heteroatoms. The van der Waals surface area contributed by atoms with Crippen LogP contribution in [0.15, 0.2) is 59.2 Å². The molecule has 2 aromatic carbocycles. The average molecular weight is 363 g/mol. The molecular weight excluding hydrogens is 350 g/mol. The highest BCUT2D eigenvalue weighted by molar-refractivity contribution is 9.10. The first kappa shape index (κ1) is 14.5. The van der Waals surface area contributed by atoms with Gasteiger partial charge in [0.15, 0.2) is 0 Å². The molecule has 21 heavy (non-hydrogen) atoms. The Hall–Kier alpha value is -1.46. The smallest absolute Gasteiger partial charge is 0.0711 e. The highest BCUT2D eigenvalue weighted by atomic mass is 79.9. The Labute approximate surface area is 136 Å². The molecule has 1 aromatic heterocycles. The Morgan fingerprint density at radius 2 is 1.95 bits per heavy atom. The number of fused-ring (bicyclic) bond motifs is 1. The fourth-order valence-corrected chi connectivity index (χ4v) is 3.29. The highest BCUT2D eigenvalue weighted by Gasteiger charge is 2.14. The molecule has 0 spiro atoms. The van der Waals surface area contributed by atoms with E-state index in [9.17, 15) is 0 Å². The number of nitrogens with one attached hydrogen (secondary N) is 1. The molecule has 1 atom stereocenters. The molecule has 0 fully saturated rings. The predicted molar refractivity (Wildman–Crippen MR) is 90.1 cm³/mol. The molecule has 1 heterocycles. The normalized spacial score (nSPS) is 12.5. The third-order valence-corrected chi connectivity index (χ3v) is 4.02. The lowest BCUT2D eigenvalue weighted by Crippen LogP contribution is -2.28. The van der Waals surface area contributed by atoms with Gasteiger partial charge in [-0.05, 0) is 47.5 Å². The van der Waals surface area contributed by atoms with E-state index in [-0.39, 0.29) is 6.04 Å². The molecule has 0 aliphatic carbocycles. The van der Waals surface area contributed by atoms with E-state index in [1.807, 2.05) is 42.5 Å². The number of hydrogen-bond donors (Lipinski definition) is 2. The van der Waals surface area contributed by atoms with Crippen LogP contribution in [0, 0.1) is 0 Å². The second-order valence-corrected chi connectivity index (χ2v) is 6.11. The van der Waals surface area contributed by atoms with E-state index in [1.54, 1.807) is 6.20 Å². The molecule has 0 aliphatic rings. The van der Waals surface area contributed by atoms with Crippen LogP contribution in [0.3, 0.4) is 0 Å². The van der Waals surface area contributed by atoms with Crippen molar-refractivity contribution in [1.82, 2.24) is 10.4 Å². The second-order valence-electron chi connectivity index (χ2n) is 4.76. The molecule has 3 nitrogen and oxygen atoms in total. The number of halogens is 2. The first-order valence-corrected chi connectivity index (χ1v) is 7.61. The number of nitrogens with zero attached hydrogens (tertiary/aromatic N) is 1. The highest BCUT2D eigenvalue weighted by Crippen LogP contribution is 2.29. The number of aromatic nitrogens is 1. The van der Waals surface area contributed by atoms with Gasteiger partial charge in [-0.2, -0.15) is 0 Å². The van der Waals surface area contributed by atoms with Crippen molar-refractivity contribution in [3.63, 3.8) is 0 Å². The minimum absolute atomic E-state index is 0.135. The molecular formula is C16H13BrClN3. The summed E-state index contributed by atoms with van der Waals surface area (Å²) in [5.74, 6) is 5.76. The topological polar surface area (TPSA) is 50.9 Å². The number of pyridine rings is 1. The van der Waals surface area contributed by atoms with Crippen molar-refractivity contribution in [2.24, 2.45) is 5.84 Å². The Morgan fingerprint density at radius 3 is 2.71 bits per heavy atom. The number of hydrogen-bond acceptors (Lipinski definition) is 3. The summed E-state index contributed by atoms with van der Waals surface area (Å²) in [5.41, 5.74) is 5.88. The number of benzene rings is 2. The first-order valence-electron chi connectivity index (χ1n) is 6.44. The van der Waals surface area contributed by atoms with Gasteiger partial charge in [-0.3, -0.25) is 10.8 Å². The summed E-state index contributed by atoms with van der Waals surface area (Å²) in [5, 5.41) is 1.75. The molecule has 0 aliphatic heterocycles. The van der Waals surface area contributed by atoms with Gasteiger partial charge in [0, 0.05) is 21.1 Å². The van der Waals surface area contributed by atoms with E-state index in [1.165, 1.54) is 0 Å². The Morgan fingerprint density at radius 1 is 1.10 bits per heavy atom. The molecule has 0 bridgehead atoms. The van der Waals surface area contributed by atoms with E-state index in [4.69, 9.17) is 17.4 Å². The quantitative estimate of drug-likeness (QED) is 0.542. The summed E-state index contributed by atoms with van der Waals surface area (Å²) < 4.78 is 0.924. The monoisotopic (exact) mass is 361 g/mol. The van der Waals surface area contributed by atoms with Crippen LogP contribution in [0.1, 0.15) is 17.2 Å². The van der Waals surface area contributed by atoms with Crippen molar-refractivity contribution in [2.45, 2.75) is 6.04 Å². The lowest BCUT2D eigenvalue weighted by molar-refractivity contribution is 0.637. The largest absolute Gasteiger partial charge is 0.271 e. The molecule has 106 valence electrons. The van der Waals surface area contributed by atoms with Crippen LogP contribution >= 0.6 is 27.5 Å². The van der Waals surface area contributed by atoms with Crippen molar-refractivity contribution in [1.29, 1.82) is 0 Å². The zero-order valence-corrected chi connectivity index (χ0v) is 13.4. The number of hydrazine groups is 1. The summed E-state index contributed by atoms with van der Waals surface area (Å²) in [7, 11) is 0. The van der Waals surface area contributed by atoms with Gasteiger partial charge in [0.2, 0.25) is 0 Å². The van der Waals surface area contributed by atoms with Gasteiger partial charge < -0.3 is 0 Å². The summed E-state index contributed by atoms with van der Waals surface area (Å²) in [6.45, 7) is 0. The zero-order chi connectivity index (χ0) is 14.8. The van der Waals surface area contributed by atoms with Crippen molar-refractivity contribution in [3.8, 4) is 0 Å². The van der Waals surface area contributed by atoms with Gasteiger partial charge in [-0.15, -0.1) is 0 Å². The molecule has 3 aromatic rings. The minimum atomic E-state index is -0.135. The summed E-state index contributed by atoms with van der Waals surface area (Å²) in [6, 6.07) is 15.7. The van der Waals surface area contributed by atoms with Crippen LogP contribution in [-0.2, 0) is 0 Å². The number of nitrogens with two attached hydrogens (primary N) is 1. The van der Waals surface area contributed by atoms with Crippen molar-refractivity contribution in [3.05, 3.63) is 75.4 Å². The van der Waals surface area contributed by atoms with E-state index in [0.717, 1.165) is 26.5 Å². The SMILES string of the molecule is NNC(c1cc(Cl)cc(Br)c1)c1ccc2ncccc2c1. The van der Waals surface area contributed by atoms with Crippen LogP contribution in [0.2, 0.25) is 5.02 Å². The van der Waals surface area contributed by atoms with Crippen LogP contribution in [0.25, 0.3) is 10.9 Å². The van der Waals surface area contributed by atoms with Crippen LogP contribution in [-0.4, -0.2) is 4.98 Å². The first-order chi connectivity index (χ1) is 10.2. The lowest BCUT2D eigenvalue weighted by Gasteiger charge is -2.18. The Bertz CT molecular complexity index is 771. The summed E-state index contributed by atoms with van der Waals surface area (Å²) in [6.07, 6.45) is 1.79. The Kier molecular flexibility index (Phi) is 4.22. The van der Waals surface area contributed by atoms with E-state index in [0.29, 0.717) is 5.02 Å². The van der Waals surface area contributed by atoms with E-state index < -0.39 is 0 Å². The zero-order valence-electron chi connectivity index (χ0n) is 11.1. The van der Waals surface area contributed by atoms with Crippen LogP contribution < -0.4 is 11.3 Å². The minimum Gasteiger partial charge on any atom is -0.271 e. The maximum atomic E-state index is 6.13. The lowest BCUT2D eigenvalue weighted by atomic mass is 9.98. The van der Waals surface area contributed by atoms with Gasteiger partial charge in [-0.1, -0.05) is 39.7 Å². The molecule has 0 amide bonds. The summed E-state index contributed by atoms with van der Waals surface area (Å²) in [4.78, 5) is 4.33. The van der Waals surface area contributed by atoms with E-state index >= 15 is 0 Å². The maximum Gasteiger partial charge on any atom is 0.0711 e. The van der Waals surface area contributed by atoms with E-state index in [2.05, 4.69) is 32.4 Å². The van der Waals surface area contributed by atoms with Crippen LogP contribution in [0.5, 0.6) is 0 Å². The maximum absolute atomic E-state index is 6.13. The van der Waals surface area contributed by atoms with Gasteiger partial charge in [-0.25, -0.2) is 5.43 Å². The Balaban J connectivity index is 2.08.